The molecule has 0 saturated carbocycles. The largest absolute Gasteiger partial charge is 0.476 e. The maximum Gasteiger partial charge on any atom is 0.357 e. The molecule has 2 heterocycles. The zero-order valence-corrected chi connectivity index (χ0v) is 9.36. The first-order valence-corrected chi connectivity index (χ1v) is 5.02. The molecule has 8 heteroatoms. The third-order valence-corrected chi connectivity index (χ3v) is 2.00. The van der Waals surface area contributed by atoms with Gasteiger partial charge in [0.05, 0.1) is 24.6 Å². The first kappa shape index (κ1) is 11.8. The number of nitrogens with zero attached hydrogens (tertiary/aromatic N) is 3. The monoisotopic (exact) mass is 251 g/mol. The predicted octanol–water partition coefficient (Wildman–Crippen LogP) is 0.735. The quantitative estimate of drug-likeness (QED) is 0.798. The Balaban J connectivity index is 2.23. The topological polar surface area (TPSA) is 107 Å². The van der Waals surface area contributed by atoms with Crippen LogP contribution in [-0.2, 0) is 4.74 Å². The van der Waals surface area contributed by atoms with Crippen LogP contribution < -0.4 is 0 Å². The fourth-order valence-electron chi connectivity index (χ4n) is 1.21. The number of oxazole rings is 1. The van der Waals surface area contributed by atoms with Crippen molar-refractivity contribution in [1.82, 2.24) is 14.8 Å². The van der Waals surface area contributed by atoms with Gasteiger partial charge in [0.1, 0.15) is 6.26 Å². The van der Waals surface area contributed by atoms with Gasteiger partial charge in [-0.2, -0.15) is 14.8 Å². The number of aromatic nitrogens is 3. The molecule has 1 N–H and O–H groups in total. The summed E-state index contributed by atoms with van der Waals surface area (Å²) < 4.78 is 10.9. The highest BCUT2D eigenvalue weighted by atomic mass is 16.5. The van der Waals surface area contributed by atoms with Gasteiger partial charge in [0.15, 0.2) is 5.69 Å². The van der Waals surface area contributed by atoms with E-state index in [2.05, 4.69) is 10.1 Å². The normalized spacial score (nSPS) is 10.3. The fraction of sp³-hybridized carbons (Fsp3) is 0.200. The van der Waals surface area contributed by atoms with Crippen molar-refractivity contribution in [3.8, 4) is 6.01 Å². The first-order valence-electron chi connectivity index (χ1n) is 5.02. The van der Waals surface area contributed by atoms with Gasteiger partial charge in [-0.25, -0.2) is 9.59 Å². The standard InChI is InChI=1S/C10H9N3O5/c1-2-17-9(16)6-3-11-13(4-6)10-12-7(5-18-10)8(14)15/h3-5H,2H2,1H3,(H,14,15). The number of carbonyl (C=O) groups excluding carboxylic acids is 1. The molecule has 0 atom stereocenters. The third kappa shape index (κ3) is 2.21. The van der Waals surface area contributed by atoms with E-state index in [1.807, 2.05) is 0 Å². The van der Waals surface area contributed by atoms with Gasteiger partial charge in [0.25, 0.3) is 0 Å². The summed E-state index contributed by atoms with van der Waals surface area (Å²) in [5.41, 5.74) is -0.00916. The van der Waals surface area contributed by atoms with Crippen LogP contribution >= 0.6 is 0 Å². The maximum absolute atomic E-state index is 11.4. The zero-order valence-electron chi connectivity index (χ0n) is 9.36. The second kappa shape index (κ2) is 4.70. The summed E-state index contributed by atoms with van der Waals surface area (Å²) in [4.78, 5) is 25.7. The molecule has 0 bridgehead atoms. The van der Waals surface area contributed by atoms with Crippen LogP contribution in [0, 0.1) is 0 Å². The summed E-state index contributed by atoms with van der Waals surface area (Å²) in [6, 6.07) is -0.0389. The average Bonchev–Trinajstić information content (AvgIpc) is 2.98. The minimum absolute atomic E-state index is 0.0389. The smallest absolute Gasteiger partial charge is 0.357 e. The van der Waals surface area contributed by atoms with Gasteiger partial charge in [-0.1, -0.05) is 0 Å². The SMILES string of the molecule is CCOC(=O)c1cnn(-c2nc(C(=O)O)co2)c1. The van der Waals surface area contributed by atoms with Crippen molar-refractivity contribution in [3.63, 3.8) is 0 Å². The zero-order chi connectivity index (χ0) is 13.1. The summed E-state index contributed by atoms with van der Waals surface area (Å²) >= 11 is 0. The number of aromatic carboxylic acids is 1. The number of hydrogen-bond donors (Lipinski definition) is 1. The van der Waals surface area contributed by atoms with Crippen LogP contribution in [0.4, 0.5) is 0 Å². The molecular weight excluding hydrogens is 242 g/mol. The van der Waals surface area contributed by atoms with Gasteiger partial charge in [-0.05, 0) is 6.92 Å². The molecule has 18 heavy (non-hydrogen) atoms. The molecule has 0 aliphatic heterocycles. The molecule has 0 saturated heterocycles. The van der Waals surface area contributed by atoms with Crippen LogP contribution in [0.25, 0.3) is 6.01 Å². The minimum Gasteiger partial charge on any atom is -0.476 e. The molecular formula is C10H9N3O5. The van der Waals surface area contributed by atoms with E-state index in [0.29, 0.717) is 0 Å². The lowest BCUT2D eigenvalue weighted by Crippen LogP contribution is -2.03. The van der Waals surface area contributed by atoms with Crippen LogP contribution in [0.2, 0.25) is 0 Å². The highest BCUT2D eigenvalue weighted by Gasteiger charge is 2.15. The highest BCUT2D eigenvalue weighted by molar-refractivity contribution is 5.88. The van der Waals surface area contributed by atoms with E-state index < -0.39 is 11.9 Å². The lowest BCUT2D eigenvalue weighted by Gasteiger charge is -1.96. The van der Waals surface area contributed by atoms with Gasteiger partial charge in [0, 0.05) is 0 Å². The molecule has 0 amide bonds. The average molecular weight is 251 g/mol. The number of ether oxygens (including phenoxy) is 1. The molecule has 0 unspecified atom stereocenters. The van der Waals surface area contributed by atoms with Crippen LogP contribution in [-0.4, -0.2) is 38.4 Å². The number of hydrogen-bond acceptors (Lipinski definition) is 6. The van der Waals surface area contributed by atoms with Gasteiger partial charge < -0.3 is 14.3 Å². The van der Waals surface area contributed by atoms with E-state index in [0.717, 1.165) is 10.9 Å². The minimum atomic E-state index is -1.21. The Labute approximate surface area is 101 Å². The molecule has 0 aliphatic rings. The van der Waals surface area contributed by atoms with Crippen LogP contribution in [0.1, 0.15) is 27.8 Å². The van der Waals surface area contributed by atoms with Crippen LogP contribution in [0.15, 0.2) is 23.1 Å². The van der Waals surface area contributed by atoms with Gasteiger partial charge in [0.2, 0.25) is 0 Å². The molecule has 0 aromatic carbocycles. The van der Waals surface area contributed by atoms with E-state index in [1.165, 1.54) is 12.4 Å². The number of esters is 1. The third-order valence-electron chi connectivity index (χ3n) is 2.00. The number of carboxylic acid groups (broad SMARTS) is 1. The number of carboxylic acids is 1. The van der Waals surface area contributed by atoms with Crippen molar-refractivity contribution < 1.29 is 23.8 Å². The van der Waals surface area contributed by atoms with Gasteiger partial charge >= 0.3 is 18.0 Å². The summed E-state index contributed by atoms with van der Waals surface area (Å²) in [5.74, 6) is -1.73. The van der Waals surface area contributed by atoms with E-state index in [-0.39, 0.29) is 23.9 Å². The Hall–Kier alpha value is -2.64. The van der Waals surface area contributed by atoms with Gasteiger partial charge in [-0.3, -0.25) is 0 Å². The van der Waals surface area contributed by atoms with E-state index in [4.69, 9.17) is 14.3 Å². The molecule has 0 aliphatic carbocycles. The van der Waals surface area contributed by atoms with Gasteiger partial charge in [-0.15, -0.1) is 0 Å². The molecule has 94 valence electrons. The van der Waals surface area contributed by atoms with E-state index >= 15 is 0 Å². The summed E-state index contributed by atoms with van der Waals surface area (Å²) in [7, 11) is 0. The number of rotatable bonds is 4. The lowest BCUT2D eigenvalue weighted by atomic mass is 10.4. The first-order chi connectivity index (χ1) is 8.61. The molecule has 2 aromatic heterocycles. The highest BCUT2D eigenvalue weighted by Crippen LogP contribution is 2.09. The van der Waals surface area contributed by atoms with Crippen molar-refractivity contribution in [2.75, 3.05) is 6.61 Å². The molecule has 2 rings (SSSR count). The van der Waals surface area contributed by atoms with E-state index in [1.54, 1.807) is 6.92 Å². The Morgan fingerprint density at radius 1 is 1.56 bits per heavy atom. The molecule has 0 spiro atoms. The van der Waals surface area contributed by atoms with Crippen molar-refractivity contribution in [2.45, 2.75) is 6.92 Å². The molecule has 0 fully saturated rings. The van der Waals surface area contributed by atoms with Crippen molar-refractivity contribution in [3.05, 3.63) is 29.9 Å². The van der Waals surface area contributed by atoms with Crippen molar-refractivity contribution >= 4 is 11.9 Å². The maximum atomic E-state index is 11.4. The predicted molar refractivity (Wildman–Crippen MR) is 56.5 cm³/mol. The van der Waals surface area contributed by atoms with Crippen LogP contribution in [0.5, 0.6) is 0 Å². The lowest BCUT2D eigenvalue weighted by molar-refractivity contribution is 0.0525. The summed E-state index contributed by atoms with van der Waals surface area (Å²) in [6.45, 7) is 1.95. The second-order valence-electron chi connectivity index (χ2n) is 3.21. The second-order valence-corrected chi connectivity index (χ2v) is 3.21. The van der Waals surface area contributed by atoms with Crippen molar-refractivity contribution in [1.29, 1.82) is 0 Å². The Morgan fingerprint density at radius 2 is 2.33 bits per heavy atom. The fourth-order valence-corrected chi connectivity index (χ4v) is 1.21. The Morgan fingerprint density at radius 3 is 2.94 bits per heavy atom. The number of carbonyl (C=O) groups is 2. The summed E-state index contributed by atoms with van der Waals surface area (Å²) in [5, 5.41) is 12.5. The Bertz CT molecular complexity index is 586. The molecule has 8 nitrogen and oxygen atoms in total. The molecule has 0 radical (unpaired) electrons. The van der Waals surface area contributed by atoms with Crippen LogP contribution in [0.3, 0.4) is 0 Å². The molecule has 2 aromatic rings. The van der Waals surface area contributed by atoms with Crippen molar-refractivity contribution in [2.24, 2.45) is 0 Å². The Kier molecular flexibility index (Phi) is 3.09. The van der Waals surface area contributed by atoms with E-state index in [9.17, 15) is 9.59 Å². The summed E-state index contributed by atoms with van der Waals surface area (Å²) in [6.07, 6.45) is 3.61.